The Balaban J connectivity index is 1.13. The van der Waals surface area contributed by atoms with Crippen molar-refractivity contribution in [1.29, 1.82) is 0 Å². The Morgan fingerprint density at radius 3 is 2.69 bits per heavy atom. The van der Waals surface area contributed by atoms with E-state index in [1.54, 1.807) is 0 Å². The zero-order valence-corrected chi connectivity index (χ0v) is 20.5. The van der Waals surface area contributed by atoms with Crippen molar-refractivity contribution >= 4 is 22.5 Å². The zero-order valence-electron chi connectivity index (χ0n) is 20.5. The van der Waals surface area contributed by atoms with E-state index in [2.05, 4.69) is 85.5 Å². The molecule has 5 aromatic rings. The summed E-state index contributed by atoms with van der Waals surface area (Å²) in [6.07, 6.45) is 5.39. The highest BCUT2D eigenvalue weighted by Crippen LogP contribution is 2.46. The Labute approximate surface area is 208 Å². The molecule has 9 heteroatoms. The van der Waals surface area contributed by atoms with Gasteiger partial charge in [-0.05, 0) is 55.5 Å². The average Bonchev–Trinajstić information content (AvgIpc) is 3.29. The number of hydrogen-bond acceptors (Lipinski definition) is 6. The van der Waals surface area contributed by atoms with Crippen molar-refractivity contribution in [2.24, 2.45) is 0 Å². The minimum atomic E-state index is 0.575. The lowest BCUT2D eigenvalue weighted by Gasteiger charge is -2.26. The van der Waals surface area contributed by atoms with Gasteiger partial charge in [0.05, 0.1) is 24.1 Å². The molecule has 0 saturated heterocycles. The number of fused-ring (bicyclic) bond motifs is 2. The van der Waals surface area contributed by atoms with E-state index in [1.807, 2.05) is 6.20 Å². The van der Waals surface area contributed by atoms with Gasteiger partial charge in [0, 0.05) is 40.9 Å². The Morgan fingerprint density at radius 2 is 1.89 bits per heavy atom. The standard InChI is InChI=1S/C27H29N9/c1-3-35-13-12-23-16(2)25(34-36(23)15-35)18-6-8-19(9-7-18)26-30-27(33-32-26)29-22-11-10-21-20(14-28-31-21)24(22)17-4-5-17/h6-11,14,17H,3-5,12-13,15H2,1-2H3,(H,28,31)(H2,29,30,32,33). The van der Waals surface area contributed by atoms with Gasteiger partial charge in [-0.15, -0.1) is 0 Å². The highest BCUT2D eigenvalue weighted by molar-refractivity contribution is 5.89. The predicted octanol–water partition coefficient (Wildman–Crippen LogP) is 4.98. The first-order chi connectivity index (χ1) is 17.7. The van der Waals surface area contributed by atoms with Gasteiger partial charge in [-0.2, -0.15) is 20.3 Å². The molecule has 9 nitrogen and oxygen atoms in total. The van der Waals surface area contributed by atoms with Gasteiger partial charge in [-0.3, -0.25) is 14.7 Å². The van der Waals surface area contributed by atoms with Gasteiger partial charge in [0.15, 0.2) is 5.82 Å². The van der Waals surface area contributed by atoms with E-state index in [4.69, 9.17) is 10.1 Å². The lowest BCUT2D eigenvalue weighted by atomic mass is 10.0. The van der Waals surface area contributed by atoms with Crippen LogP contribution < -0.4 is 5.32 Å². The fourth-order valence-corrected chi connectivity index (χ4v) is 5.39. The minimum absolute atomic E-state index is 0.575. The van der Waals surface area contributed by atoms with Gasteiger partial charge in [0.25, 0.3) is 0 Å². The molecule has 0 unspecified atom stereocenters. The van der Waals surface area contributed by atoms with E-state index in [0.29, 0.717) is 17.7 Å². The van der Waals surface area contributed by atoms with Crippen LogP contribution in [0, 0.1) is 6.92 Å². The predicted molar refractivity (Wildman–Crippen MR) is 140 cm³/mol. The van der Waals surface area contributed by atoms with Crippen LogP contribution in [0.3, 0.4) is 0 Å². The number of H-pyrrole nitrogens is 2. The maximum absolute atomic E-state index is 4.94. The van der Waals surface area contributed by atoms with Gasteiger partial charge in [-0.1, -0.05) is 31.2 Å². The summed E-state index contributed by atoms with van der Waals surface area (Å²) >= 11 is 0. The number of aromatic amines is 2. The molecule has 36 heavy (non-hydrogen) atoms. The molecule has 4 heterocycles. The molecule has 7 rings (SSSR count). The summed E-state index contributed by atoms with van der Waals surface area (Å²) in [6, 6.07) is 12.5. The molecular formula is C27H29N9. The third-order valence-electron chi connectivity index (χ3n) is 7.57. The van der Waals surface area contributed by atoms with E-state index in [1.165, 1.54) is 35.0 Å². The third kappa shape index (κ3) is 3.58. The Hall–Kier alpha value is -3.98. The topological polar surface area (TPSA) is 103 Å². The van der Waals surface area contributed by atoms with Crippen LogP contribution in [0.1, 0.15) is 42.5 Å². The number of nitrogens with one attached hydrogen (secondary N) is 3. The Kier molecular flexibility index (Phi) is 4.92. The molecule has 3 N–H and O–H groups in total. The molecule has 1 saturated carbocycles. The summed E-state index contributed by atoms with van der Waals surface area (Å²) in [5, 5.41) is 24.4. The second-order valence-corrected chi connectivity index (χ2v) is 9.86. The number of hydrogen-bond donors (Lipinski definition) is 3. The van der Waals surface area contributed by atoms with Gasteiger partial charge >= 0.3 is 0 Å². The molecule has 182 valence electrons. The van der Waals surface area contributed by atoms with Crippen LogP contribution in [0.4, 0.5) is 11.6 Å². The number of likely N-dealkylation sites (N-methyl/N-ethyl adjacent to an activating group) is 1. The van der Waals surface area contributed by atoms with Crippen molar-refractivity contribution < 1.29 is 0 Å². The van der Waals surface area contributed by atoms with E-state index in [9.17, 15) is 0 Å². The van der Waals surface area contributed by atoms with Crippen molar-refractivity contribution in [3.05, 3.63) is 59.4 Å². The average molecular weight is 480 g/mol. The molecule has 0 spiro atoms. The van der Waals surface area contributed by atoms with E-state index in [0.717, 1.165) is 54.2 Å². The summed E-state index contributed by atoms with van der Waals surface area (Å²) < 4.78 is 2.16. The molecule has 0 amide bonds. The van der Waals surface area contributed by atoms with E-state index >= 15 is 0 Å². The lowest BCUT2D eigenvalue weighted by Crippen LogP contribution is -2.34. The molecule has 2 aliphatic rings. The largest absolute Gasteiger partial charge is 0.324 e. The summed E-state index contributed by atoms with van der Waals surface area (Å²) in [7, 11) is 0. The number of rotatable bonds is 6. The van der Waals surface area contributed by atoms with Gasteiger partial charge in [0.2, 0.25) is 5.95 Å². The van der Waals surface area contributed by atoms with E-state index in [-0.39, 0.29) is 0 Å². The van der Waals surface area contributed by atoms with Crippen molar-refractivity contribution in [2.45, 2.75) is 45.7 Å². The zero-order chi connectivity index (χ0) is 24.2. The molecular weight excluding hydrogens is 450 g/mol. The molecule has 1 fully saturated rings. The summed E-state index contributed by atoms with van der Waals surface area (Å²) in [5.41, 5.74) is 9.22. The first-order valence-corrected chi connectivity index (χ1v) is 12.7. The van der Waals surface area contributed by atoms with Crippen molar-refractivity contribution in [1.82, 2.24) is 40.1 Å². The van der Waals surface area contributed by atoms with Gasteiger partial charge in [0.1, 0.15) is 0 Å². The van der Waals surface area contributed by atoms with Crippen molar-refractivity contribution in [3.63, 3.8) is 0 Å². The van der Waals surface area contributed by atoms with Gasteiger partial charge in [-0.25, -0.2) is 5.10 Å². The van der Waals surface area contributed by atoms with Crippen LogP contribution in [0.5, 0.6) is 0 Å². The van der Waals surface area contributed by atoms with Gasteiger partial charge < -0.3 is 5.32 Å². The number of aromatic nitrogens is 7. The molecule has 0 radical (unpaired) electrons. The van der Waals surface area contributed by atoms with E-state index < -0.39 is 0 Å². The Bertz CT molecular complexity index is 1550. The molecule has 2 aromatic carbocycles. The number of anilines is 2. The molecule has 0 bridgehead atoms. The third-order valence-corrected chi connectivity index (χ3v) is 7.57. The summed E-state index contributed by atoms with van der Waals surface area (Å²) in [6.45, 7) is 7.41. The monoisotopic (exact) mass is 479 g/mol. The fourth-order valence-electron chi connectivity index (χ4n) is 5.39. The first-order valence-electron chi connectivity index (χ1n) is 12.7. The highest BCUT2D eigenvalue weighted by Gasteiger charge is 2.29. The van der Waals surface area contributed by atoms with Crippen molar-refractivity contribution in [2.75, 3.05) is 18.4 Å². The van der Waals surface area contributed by atoms with Crippen LogP contribution in [0.15, 0.2) is 42.6 Å². The molecule has 1 aliphatic carbocycles. The molecule has 0 atom stereocenters. The number of nitrogens with zero attached hydrogens (tertiary/aromatic N) is 6. The normalized spacial score (nSPS) is 15.9. The van der Waals surface area contributed by atoms with Crippen LogP contribution in [-0.2, 0) is 13.1 Å². The van der Waals surface area contributed by atoms with Crippen LogP contribution in [0.2, 0.25) is 0 Å². The maximum atomic E-state index is 4.94. The molecule has 1 aliphatic heterocycles. The van der Waals surface area contributed by atoms with Crippen molar-refractivity contribution in [3.8, 4) is 22.6 Å². The minimum Gasteiger partial charge on any atom is -0.324 e. The smallest absolute Gasteiger partial charge is 0.223 e. The summed E-state index contributed by atoms with van der Waals surface area (Å²) in [4.78, 5) is 7.15. The second-order valence-electron chi connectivity index (χ2n) is 9.86. The second kappa shape index (κ2) is 8.30. The fraction of sp³-hybridized carbons (Fsp3) is 0.333. The lowest BCUT2D eigenvalue weighted by molar-refractivity contribution is 0.191. The number of benzene rings is 2. The highest BCUT2D eigenvalue weighted by atomic mass is 15.4. The van der Waals surface area contributed by atoms with Crippen LogP contribution in [0.25, 0.3) is 33.5 Å². The SMILES string of the molecule is CCN1CCc2c(C)c(-c3ccc(-c4n[nH]c(Nc5ccc6[nH]ncc6c5C5CC5)n4)cc3)nn2C1. The summed E-state index contributed by atoms with van der Waals surface area (Å²) in [5.74, 6) is 1.88. The van der Waals surface area contributed by atoms with Crippen LogP contribution in [-0.4, -0.2) is 53.1 Å². The molecule has 3 aromatic heterocycles. The maximum Gasteiger partial charge on any atom is 0.223 e. The quantitative estimate of drug-likeness (QED) is 0.317. The Morgan fingerprint density at radius 1 is 1.06 bits per heavy atom. The first kappa shape index (κ1) is 21.3. The van der Waals surface area contributed by atoms with Crippen LogP contribution >= 0.6 is 0 Å².